The number of rotatable bonds is 3. The Morgan fingerprint density at radius 1 is 1.04 bits per heavy atom. The van der Waals surface area contributed by atoms with Crippen LogP contribution in [0, 0.1) is 20.8 Å². The van der Waals surface area contributed by atoms with Gasteiger partial charge in [-0.3, -0.25) is 4.79 Å². The van der Waals surface area contributed by atoms with E-state index in [4.69, 9.17) is 4.98 Å². The molecule has 0 saturated carbocycles. The minimum absolute atomic E-state index is 0.116. The maximum Gasteiger partial charge on any atom is 0.263 e. The molecule has 1 aliphatic rings. The van der Waals surface area contributed by atoms with Crippen molar-refractivity contribution in [2.45, 2.75) is 27.2 Å². The number of carbonyl (C=O) groups is 1. The number of hydrogen-bond donors (Lipinski definition) is 0. The summed E-state index contributed by atoms with van der Waals surface area (Å²) in [6.45, 7) is 8.95. The van der Waals surface area contributed by atoms with Crippen LogP contribution in [0.2, 0.25) is 0 Å². The lowest BCUT2D eigenvalue weighted by atomic mass is 10.3. The average molecular weight is 397 g/mol. The van der Waals surface area contributed by atoms with Crippen molar-refractivity contribution in [3.05, 3.63) is 51.6 Å². The molecule has 0 N–H and O–H groups in total. The van der Waals surface area contributed by atoms with Gasteiger partial charge in [-0.25, -0.2) is 9.67 Å². The molecule has 3 aromatic heterocycles. The number of aryl methyl sites for hydroxylation is 3. The highest BCUT2D eigenvalue weighted by Gasteiger charge is 2.22. The summed E-state index contributed by atoms with van der Waals surface area (Å²) in [5.74, 6) is 1.60. The molecule has 0 atom stereocenters. The Hall–Kier alpha value is -2.74. The summed E-state index contributed by atoms with van der Waals surface area (Å²) in [4.78, 5) is 27.0. The Kier molecular flexibility index (Phi) is 5.13. The largest absolute Gasteiger partial charge is 0.339 e. The molecular formula is C20H24N6OS. The standard InChI is InChI=1S/C20H24N6OS/c1-14-13-18(26-16(3)12-15(2)23-26)22-20(21-14)25-8-5-7-24(9-10-25)19(27)17-6-4-11-28-17/h4,6,11-13H,5,7-10H2,1-3H3. The molecule has 0 spiro atoms. The third kappa shape index (κ3) is 3.77. The van der Waals surface area contributed by atoms with Crippen LogP contribution in [-0.4, -0.2) is 56.7 Å². The van der Waals surface area contributed by atoms with Crippen molar-refractivity contribution in [2.75, 3.05) is 31.1 Å². The van der Waals surface area contributed by atoms with Crippen molar-refractivity contribution >= 4 is 23.2 Å². The van der Waals surface area contributed by atoms with E-state index in [2.05, 4.69) is 15.0 Å². The van der Waals surface area contributed by atoms with Crippen LogP contribution >= 0.6 is 11.3 Å². The molecule has 0 radical (unpaired) electrons. The van der Waals surface area contributed by atoms with Crippen LogP contribution in [0.4, 0.5) is 5.95 Å². The zero-order chi connectivity index (χ0) is 19.7. The minimum atomic E-state index is 0.116. The van der Waals surface area contributed by atoms with Crippen LogP contribution in [0.1, 0.15) is 33.2 Å². The molecule has 7 nitrogen and oxygen atoms in total. The summed E-state index contributed by atoms with van der Waals surface area (Å²) < 4.78 is 1.86. The van der Waals surface area contributed by atoms with Gasteiger partial charge in [-0.1, -0.05) is 6.07 Å². The normalized spacial score (nSPS) is 15.0. The zero-order valence-electron chi connectivity index (χ0n) is 16.4. The Balaban J connectivity index is 1.54. The first-order chi connectivity index (χ1) is 13.5. The van der Waals surface area contributed by atoms with Gasteiger partial charge in [-0.05, 0) is 44.7 Å². The van der Waals surface area contributed by atoms with Gasteiger partial charge in [0.05, 0.1) is 10.6 Å². The lowest BCUT2D eigenvalue weighted by Gasteiger charge is -2.22. The fourth-order valence-electron chi connectivity index (χ4n) is 3.52. The van der Waals surface area contributed by atoms with E-state index in [9.17, 15) is 4.79 Å². The van der Waals surface area contributed by atoms with Crippen LogP contribution in [0.15, 0.2) is 29.6 Å². The second kappa shape index (κ2) is 7.71. The molecule has 1 saturated heterocycles. The van der Waals surface area contributed by atoms with Crippen molar-refractivity contribution in [1.29, 1.82) is 0 Å². The summed E-state index contributed by atoms with van der Waals surface area (Å²) in [5, 5.41) is 6.49. The zero-order valence-corrected chi connectivity index (χ0v) is 17.2. The minimum Gasteiger partial charge on any atom is -0.339 e. The SMILES string of the molecule is Cc1cc(-n2nc(C)cc2C)nc(N2CCCN(C(=O)c3cccs3)CC2)n1. The van der Waals surface area contributed by atoms with E-state index < -0.39 is 0 Å². The van der Waals surface area contributed by atoms with Gasteiger partial charge in [-0.15, -0.1) is 11.3 Å². The molecule has 1 amide bonds. The molecule has 0 aliphatic carbocycles. The first kappa shape index (κ1) is 18.6. The smallest absolute Gasteiger partial charge is 0.263 e. The third-order valence-electron chi connectivity index (χ3n) is 4.85. The molecule has 4 rings (SSSR count). The van der Waals surface area contributed by atoms with Crippen LogP contribution < -0.4 is 4.90 Å². The highest BCUT2D eigenvalue weighted by Crippen LogP contribution is 2.19. The van der Waals surface area contributed by atoms with Crippen LogP contribution in [0.25, 0.3) is 5.82 Å². The maximum absolute atomic E-state index is 12.7. The molecule has 28 heavy (non-hydrogen) atoms. The highest BCUT2D eigenvalue weighted by atomic mass is 32.1. The van der Waals surface area contributed by atoms with E-state index >= 15 is 0 Å². The fraction of sp³-hybridized carbons (Fsp3) is 0.400. The Labute approximate surface area is 168 Å². The summed E-state index contributed by atoms with van der Waals surface area (Å²) in [7, 11) is 0. The van der Waals surface area contributed by atoms with Gasteiger partial charge in [0.25, 0.3) is 5.91 Å². The van der Waals surface area contributed by atoms with Gasteiger partial charge in [-0.2, -0.15) is 10.1 Å². The first-order valence-corrected chi connectivity index (χ1v) is 10.4. The van der Waals surface area contributed by atoms with Crippen LogP contribution in [0.5, 0.6) is 0 Å². The fourth-order valence-corrected chi connectivity index (χ4v) is 4.21. The maximum atomic E-state index is 12.7. The monoisotopic (exact) mass is 396 g/mol. The van der Waals surface area contributed by atoms with E-state index in [1.807, 2.05) is 60.0 Å². The van der Waals surface area contributed by atoms with Gasteiger partial charge in [0.2, 0.25) is 5.95 Å². The quantitative estimate of drug-likeness (QED) is 0.681. The third-order valence-corrected chi connectivity index (χ3v) is 5.71. The second-order valence-electron chi connectivity index (χ2n) is 7.12. The lowest BCUT2D eigenvalue weighted by Crippen LogP contribution is -2.35. The number of thiophene rings is 1. The van der Waals surface area contributed by atoms with Gasteiger partial charge in [0.1, 0.15) is 0 Å². The molecular weight excluding hydrogens is 372 g/mol. The average Bonchev–Trinajstić information content (AvgIpc) is 3.23. The number of nitrogens with zero attached hydrogens (tertiary/aromatic N) is 6. The predicted octanol–water partition coefficient (Wildman–Crippen LogP) is 3.00. The van der Waals surface area contributed by atoms with E-state index in [1.54, 1.807) is 0 Å². The summed E-state index contributed by atoms with van der Waals surface area (Å²) in [6.07, 6.45) is 0.893. The van der Waals surface area contributed by atoms with E-state index in [-0.39, 0.29) is 5.91 Å². The molecule has 8 heteroatoms. The number of carbonyl (C=O) groups excluding carboxylic acids is 1. The summed E-state index contributed by atoms with van der Waals surface area (Å²) in [6, 6.07) is 7.80. The number of anilines is 1. The number of hydrogen-bond acceptors (Lipinski definition) is 6. The molecule has 0 unspecified atom stereocenters. The van der Waals surface area contributed by atoms with E-state index in [0.717, 1.165) is 53.8 Å². The molecule has 0 aromatic carbocycles. The highest BCUT2D eigenvalue weighted by molar-refractivity contribution is 7.12. The van der Waals surface area contributed by atoms with Crippen molar-refractivity contribution < 1.29 is 4.79 Å². The first-order valence-electron chi connectivity index (χ1n) is 9.48. The Morgan fingerprint density at radius 2 is 1.89 bits per heavy atom. The van der Waals surface area contributed by atoms with Gasteiger partial charge < -0.3 is 9.80 Å². The van der Waals surface area contributed by atoms with Crippen molar-refractivity contribution in [1.82, 2.24) is 24.6 Å². The molecule has 3 aromatic rings. The molecule has 146 valence electrons. The molecule has 1 aliphatic heterocycles. The van der Waals surface area contributed by atoms with E-state index in [0.29, 0.717) is 12.5 Å². The Bertz CT molecular complexity index is 981. The van der Waals surface area contributed by atoms with Gasteiger partial charge >= 0.3 is 0 Å². The van der Waals surface area contributed by atoms with Gasteiger partial charge in [0, 0.05) is 43.6 Å². The number of aromatic nitrogens is 4. The van der Waals surface area contributed by atoms with Gasteiger partial charge in [0.15, 0.2) is 5.82 Å². The second-order valence-corrected chi connectivity index (χ2v) is 8.06. The van der Waals surface area contributed by atoms with E-state index in [1.165, 1.54) is 11.3 Å². The predicted molar refractivity (Wildman–Crippen MR) is 110 cm³/mol. The van der Waals surface area contributed by atoms with Crippen molar-refractivity contribution in [3.63, 3.8) is 0 Å². The lowest BCUT2D eigenvalue weighted by molar-refractivity contribution is 0.0772. The topological polar surface area (TPSA) is 67.2 Å². The Morgan fingerprint density at radius 3 is 2.61 bits per heavy atom. The van der Waals surface area contributed by atoms with Crippen molar-refractivity contribution in [2.24, 2.45) is 0 Å². The van der Waals surface area contributed by atoms with Crippen LogP contribution in [-0.2, 0) is 0 Å². The summed E-state index contributed by atoms with van der Waals surface area (Å²) in [5.41, 5.74) is 2.92. The molecule has 1 fully saturated rings. The molecule has 4 heterocycles. The number of amides is 1. The molecule has 0 bridgehead atoms. The van der Waals surface area contributed by atoms with Crippen molar-refractivity contribution in [3.8, 4) is 5.82 Å². The summed E-state index contributed by atoms with van der Waals surface area (Å²) >= 11 is 1.49. The van der Waals surface area contributed by atoms with Crippen LogP contribution in [0.3, 0.4) is 0 Å².